The molecule has 22 heavy (non-hydrogen) atoms. The van der Waals surface area contributed by atoms with Gasteiger partial charge in [-0.1, -0.05) is 67.1 Å². The molecule has 2 nitrogen and oxygen atoms in total. The van der Waals surface area contributed by atoms with E-state index in [1.165, 1.54) is 17.5 Å². The summed E-state index contributed by atoms with van der Waals surface area (Å²) in [5.41, 5.74) is 2.71. The van der Waals surface area contributed by atoms with Crippen LogP contribution in [0.2, 0.25) is 0 Å². The molecule has 1 saturated heterocycles. The molecule has 114 valence electrons. The first-order chi connectivity index (χ1) is 10.8. The lowest BCUT2D eigenvalue weighted by molar-refractivity contribution is -0.763. The second-order valence-electron chi connectivity index (χ2n) is 6.81. The van der Waals surface area contributed by atoms with Gasteiger partial charge in [0, 0.05) is 23.0 Å². The highest BCUT2D eigenvalue weighted by molar-refractivity contribution is 5.23. The second kappa shape index (κ2) is 5.86. The molecule has 2 aliphatic rings. The van der Waals surface area contributed by atoms with Crippen molar-refractivity contribution < 1.29 is 10.4 Å². The predicted octanol–water partition coefficient (Wildman–Crippen LogP) is 2.82. The normalized spacial score (nSPS) is 34.3. The average Bonchev–Trinajstić information content (AvgIpc) is 2.57. The maximum Gasteiger partial charge on any atom is 0.117 e. The van der Waals surface area contributed by atoms with Gasteiger partial charge in [0.2, 0.25) is 0 Å². The quantitative estimate of drug-likeness (QED) is 0.878. The molecule has 0 unspecified atom stereocenters. The van der Waals surface area contributed by atoms with Crippen molar-refractivity contribution in [1.82, 2.24) is 0 Å². The summed E-state index contributed by atoms with van der Waals surface area (Å²) in [6.07, 6.45) is 3.37. The van der Waals surface area contributed by atoms with Gasteiger partial charge in [0.05, 0.1) is 6.10 Å². The fourth-order valence-electron chi connectivity index (χ4n) is 4.61. The van der Waals surface area contributed by atoms with Crippen molar-refractivity contribution in [3.63, 3.8) is 0 Å². The van der Waals surface area contributed by atoms with Crippen molar-refractivity contribution >= 4 is 0 Å². The Morgan fingerprint density at radius 1 is 0.727 bits per heavy atom. The summed E-state index contributed by atoms with van der Waals surface area (Å²) >= 11 is 0. The summed E-state index contributed by atoms with van der Waals surface area (Å²) in [6.45, 7) is 0. The Bertz CT molecular complexity index is 559. The summed E-state index contributed by atoms with van der Waals surface area (Å²) in [5, 5.41) is 13.5. The number of benzene rings is 2. The van der Waals surface area contributed by atoms with Crippen LogP contribution < -0.4 is 5.32 Å². The first kappa shape index (κ1) is 14.0. The van der Waals surface area contributed by atoms with Crippen LogP contribution in [-0.2, 0) is 0 Å². The van der Waals surface area contributed by atoms with E-state index in [1.54, 1.807) is 0 Å². The lowest BCUT2D eigenvalue weighted by Gasteiger charge is -2.47. The van der Waals surface area contributed by atoms with Crippen LogP contribution in [-0.4, -0.2) is 11.2 Å². The molecule has 0 amide bonds. The summed E-state index contributed by atoms with van der Waals surface area (Å²) in [5.74, 6) is 0.780. The van der Waals surface area contributed by atoms with Gasteiger partial charge in [-0.2, -0.15) is 0 Å². The maximum absolute atomic E-state index is 10.9. The number of quaternary nitrogens is 1. The molecule has 0 aromatic heterocycles. The monoisotopic (exact) mass is 294 g/mol. The summed E-state index contributed by atoms with van der Waals surface area (Å²) in [4.78, 5) is 0. The van der Waals surface area contributed by atoms with E-state index in [1.807, 2.05) is 0 Å². The number of rotatable bonds is 2. The predicted molar refractivity (Wildman–Crippen MR) is 87.1 cm³/mol. The molecule has 1 aliphatic carbocycles. The number of hydrogen-bond acceptors (Lipinski definition) is 1. The van der Waals surface area contributed by atoms with E-state index in [4.69, 9.17) is 0 Å². The van der Waals surface area contributed by atoms with E-state index in [0.29, 0.717) is 23.9 Å². The Kier molecular flexibility index (Phi) is 3.73. The summed E-state index contributed by atoms with van der Waals surface area (Å²) in [6, 6.07) is 22.2. The molecule has 4 rings (SSSR count). The third-order valence-electron chi connectivity index (χ3n) is 5.66. The first-order valence-electron chi connectivity index (χ1n) is 8.47. The SMILES string of the molecule is OC1[C@H]2CCC[C@H]1[C@@H](c1ccccc1)[NH2+][C@@H]2c1ccccc1. The molecular weight excluding hydrogens is 270 g/mol. The van der Waals surface area contributed by atoms with Crippen molar-refractivity contribution in [3.05, 3.63) is 71.8 Å². The molecule has 1 saturated carbocycles. The topological polar surface area (TPSA) is 36.8 Å². The Labute approximate surface area is 132 Å². The molecule has 4 atom stereocenters. The number of piperidine rings is 1. The van der Waals surface area contributed by atoms with Gasteiger partial charge in [-0.3, -0.25) is 0 Å². The van der Waals surface area contributed by atoms with E-state index < -0.39 is 0 Å². The van der Waals surface area contributed by atoms with Crippen molar-refractivity contribution in [3.8, 4) is 0 Å². The molecular formula is C20H24NO+. The lowest BCUT2D eigenvalue weighted by Crippen LogP contribution is -2.92. The largest absolute Gasteiger partial charge is 0.392 e. The number of hydrogen-bond donors (Lipinski definition) is 2. The van der Waals surface area contributed by atoms with Crippen LogP contribution in [0.15, 0.2) is 60.7 Å². The number of aliphatic hydroxyl groups excluding tert-OH is 1. The minimum Gasteiger partial charge on any atom is -0.392 e. The number of aliphatic hydroxyl groups is 1. The number of nitrogens with two attached hydrogens (primary N) is 1. The van der Waals surface area contributed by atoms with Crippen molar-refractivity contribution in [2.45, 2.75) is 37.5 Å². The molecule has 3 N–H and O–H groups in total. The van der Waals surface area contributed by atoms with E-state index in [2.05, 4.69) is 66.0 Å². The van der Waals surface area contributed by atoms with Crippen LogP contribution in [0, 0.1) is 11.8 Å². The Hall–Kier alpha value is -1.64. The molecule has 2 bridgehead atoms. The third kappa shape index (κ3) is 2.37. The van der Waals surface area contributed by atoms with Crippen LogP contribution in [0.25, 0.3) is 0 Å². The van der Waals surface area contributed by atoms with Crippen LogP contribution >= 0.6 is 0 Å². The van der Waals surface area contributed by atoms with E-state index in [9.17, 15) is 5.11 Å². The van der Waals surface area contributed by atoms with Crippen LogP contribution in [0.1, 0.15) is 42.5 Å². The average molecular weight is 294 g/mol. The van der Waals surface area contributed by atoms with Crippen molar-refractivity contribution in [2.75, 3.05) is 0 Å². The molecule has 2 heteroatoms. The Morgan fingerprint density at radius 3 is 1.64 bits per heavy atom. The zero-order chi connectivity index (χ0) is 14.9. The van der Waals surface area contributed by atoms with Gasteiger partial charge in [-0.15, -0.1) is 0 Å². The van der Waals surface area contributed by atoms with Crippen LogP contribution in [0.3, 0.4) is 0 Å². The highest BCUT2D eigenvalue weighted by Gasteiger charge is 2.49. The molecule has 1 heterocycles. The van der Waals surface area contributed by atoms with Gasteiger partial charge in [0.15, 0.2) is 0 Å². The molecule has 0 spiro atoms. The molecule has 1 aliphatic heterocycles. The van der Waals surface area contributed by atoms with Gasteiger partial charge in [0.25, 0.3) is 0 Å². The molecule has 0 radical (unpaired) electrons. The Morgan fingerprint density at radius 2 is 1.18 bits per heavy atom. The maximum atomic E-state index is 10.9. The third-order valence-corrected chi connectivity index (χ3v) is 5.66. The molecule has 2 aromatic carbocycles. The zero-order valence-electron chi connectivity index (χ0n) is 12.8. The number of fused-ring (bicyclic) bond motifs is 2. The van der Waals surface area contributed by atoms with E-state index in [-0.39, 0.29) is 6.10 Å². The van der Waals surface area contributed by atoms with Gasteiger partial charge in [0.1, 0.15) is 12.1 Å². The molecule has 2 fully saturated rings. The van der Waals surface area contributed by atoms with Gasteiger partial charge >= 0.3 is 0 Å². The second-order valence-corrected chi connectivity index (χ2v) is 6.81. The van der Waals surface area contributed by atoms with E-state index >= 15 is 0 Å². The van der Waals surface area contributed by atoms with E-state index in [0.717, 1.165) is 12.8 Å². The Balaban J connectivity index is 1.71. The lowest BCUT2D eigenvalue weighted by atomic mass is 9.66. The fourth-order valence-corrected chi connectivity index (χ4v) is 4.61. The van der Waals surface area contributed by atoms with Crippen molar-refractivity contribution in [2.24, 2.45) is 11.8 Å². The zero-order valence-corrected chi connectivity index (χ0v) is 12.8. The minimum atomic E-state index is -0.172. The molecule has 2 aromatic rings. The van der Waals surface area contributed by atoms with Gasteiger partial charge in [-0.05, 0) is 12.8 Å². The fraction of sp³-hybridized carbons (Fsp3) is 0.400. The van der Waals surface area contributed by atoms with Gasteiger partial charge < -0.3 is 10.4 Å². The standard InChI is InChI=1S/C20H23NO/c22-20-16-12-7-13-17(20)19(15-10-5-2-6-11-15)21-18(16)14-8-3-1-4-9-14/h1-6,8-11,16-22H,7,12-13H2/p+1/t16-,17-,18+,19+/m0/s1. The van der Waals surface area contributed by atoms with Crippen molar-refractivity contribution in [1.29, 1.82) is 0 Å². The first-order valence-corrected chi connectivity index (χ1v) is 8.47. The minimum absolute atomic E-state index is 0.172. The summed E-state index contributed by atoms with van der Waals surface area (Å²) in [7, 11) is 0. The van der Waals surface area contributed by atoms with Crippen LogP contribution in [0.4, 0.5) is 0 Å². The van der Waals surface area contributed by atoms with Crippen LogP contribution in [0.5, 0.6) is 0 Å². The van der Waals surface area contributed by atoms with Gasteiger partial charge in [-0.25, -0.2) is 0 Å². The highest BCUT2D eigenvalue weighted by atomic mass is 16.3. The highest BCUT2D eigenvalue weighted by Crippen LogP contribution is 2.43. The summed E-state index contributed by atoms with van der Waals surface area (Å²) < 4.78 is 0. The smallest absolute Gasteiger partial charge is 0.117 e.